The van der Waals surface area contributed by atoms with Gasteiger partial charge in [-0.25, -0.2) is 0 Å². The Kier molecular flexibility index (Phi) is 5.34. The molecule has 0 aliphatic carbocycles. The lowest BCUT2D eigenvalue weighted by Gasteiger charge is -2.19. The SMILES string of the molecule is Cc1ccccc1-c1cc(-c2c3ccccc3c(-c3cccc4ccccc34)c3ccccc23)ccc1C. The minimum Gasteiger partial charge on any atom is -0.0620 e. The van der Waals surface area contributed by atoms with Gasteiger partial charge in [-0.05, 0) is 96.7 Å². The molecule has 0 heterocycles. The lowest BCUT2D eigenvalue weighted by molar-refractivity contribution is 1.41. The summed E-state index contributed by atoms with van der Waals surface area (Å²) in [6.45, 7) is 4.41. The average Bonchev–Trinajstić information content (AvgIpc) is 2.96. The van der Waals surface area contributed by atoms with E-state index in [1.165, 1.54) is 76.8 Å². The fourth-order valence-electron chi connectivity index (χ4n) is 6.12. The van der Waals surface area contributed by atoms with Gasteiger partial charge in [-0.3, -0.25) is 0 Å². The Balaban J connectivity index is 1.60. The van der Waals surface area contributed by atoms with Gasteiger partial charge in [-0.2, -0.15) is 0 Å². The number of fused-ring (bicyclic) bond motifs is 3. The fourth-order valence-corrected chi connectivity index (χ4v) is 6.12. The monoisotopic (exact) mass is 484 g/mol. The van der Waals surface area contributed by atoms with Crippen LogP contribution in [-0.2, 0) is 0 Å². The Morgan fingerprint density at radius 2 is 0.842 bits per heavy atom. The number of aryl methyl sites for hydroxylation is 2. The van der Waals surface area contributed by atoms with Crippen LogP contribution < -0.4 is 0 Å². The molecule has 0 aromatic heterocycles. The molecule has 0 aliphatic heterocycles. The molecule has 0 unspecified atom stereocenters. The summed E-state index contributed by atoms with van der Waals surface area (Å²) in [5.41, 5.74) is 10.3. The molecule has 0 amide bonds. The summed E-state index contributed by atoms with van der Waals surface area (Å²) in [5, 5.41) is 7.70. The Morgan fingerprint density at radius 1 is 0.342 bits per heavy atom. The molecule has 0 atom stereocenters. The van der Waals surface area contributed by atoms with Gasteiger partial charge in [0.2, 0.25) is 0 Å². The van der Waals surface area contributed by atoms with E-state index in [1.54, 1.807) is 0 Å². The van der Waals surface area contributed by atoms with Crippen LogP contribution in [0.4, 0.5) is 0 Å². The predicted octanol–water partition coefficient (Wildman–Crippen LogP) is 10.8. The van der Waals surface area contributed by atoms with Crippen molar-refractivity contribution in [2.24, 2.45) is 0 Å². The van der Waals surface area contributed by atoms with E-state index in [1.807, 2.05) is 0 Å². The van der Waals surface area contributed by atoms with Crippen molar-refractivity contribution in [3.8, 4) is 33.4 Å². The second-order valence-corrected chi connectivity index (χ2v) is 10.2. The first-order chi connectivity index (χ1) is 18.7. The molecule has 7 aromatic carbocycles. The van der Waals surface area contributed by atoms with Crippen molar-refractivity contribution in [3.63, 3.8) is 0 Å². The Hall–Kier alpha value is -4.68. The molecule has 0 nitrogen and oxygen atoms in total. The Morgan fingerprint density at radius 3 is 1.53 bits per heavy atom. The molecule has 0 saturated heterocycles. The van der Waals surface area contributed by atoms with E-state index in [0.29, 0.717) is 0 Å². The first-order valence-electron chi connectivity index (χ1n) is 13.3. The molecule has 0 heteroatoms. The summed E-state index contributed by atoms with van der Waals surface area (Å²) in [6.07, 6.45) is 0. The van der Waals surface area contributed by atoms with Crippen molar-refractivity contribution in [2.75, 3.05) is 0 Å². The van der Waals surface area contributed by atoms with Crippen LogP contribution in [0.1, 0.15) is 11.1 Å². The van der Waals surface area contributed by atoms with Gasteiger partial charge in [0.1, 0.15) is 0 Å². The molecule has 7 aromatic rings. The summed E-state index contributed by atoms with van der Waals surface area (Å²) in [7, 11) is 0. The van der Waals surface area contributed by atoms with Crippen LogP contribution in [-0.4, -0.2) is 0 Å². The second kappa shape index (κ2) is 9.01. The van der Waals surface area contributed by atoms with Gasteiger partial charge >= 0.3 is 0 Å². The molecule has 0 aliphatic rings. The number of benzene rings is 7. The van der Waals surface area contributed by atoms with E-state index >= 15 is 0 Å². The summed E-state index contributed by atoms with van der Waals surface area (Å²) < 4.78 is 0. The molecule has 0 N–H and O–H groups in total. The third-order valence-corrected chi connectivity index (χ3v) is 7.95. The highest BCUT2D eigenvalue weighted by atomic mass is 14.2. The smallest absolute Gasteiger partial charge is 0.00201 e. The van der Waals surface area contributed by atoms with E-state index in [2.05, 4.69) is 147 Å². The molecule has 38 heavy (non-hydrogen) atoms. The highest BCUT2D eigenvalue weighted by Gasteiger charge is 2.18. The van der Waals surface area contributed by atoms with Crippen LogP contribution in [0.15, 0.2) is 133 Å². The molecular formula is C38H28. The maximum absolute atomic E-state index is 2.39. The average molecular weight is 485 g/mol. The lowest BCUT2D eigenvalue weighted by Crippen LogP contribution is -1.93. The molecule has 0 spiro atoms. The van der Waals surface area contributed by atoms with Gasteiger partial charge in [0, 0.05) is 0 Å². The zero-order valence-electron chi connectivity index (χ0n) is 21.7. The minimum absolute atomic E-state index is 1.26. The summed E-state index contributed by atoms with van der Waals surface area (Å²) in [6, 6.07) is 48.9. The molecule has 0 bridgehead atoms. The van der Waals surface area contributed by atoms with Crippen LogP contribution in [0.3, 0.4) is 0 Å². The fraction of sp³-hybridized carbons (Fsp3) is 0.0526. The lowest BCUT2D eigenvalue weighted by atomic mass is 9.84. The van der Waals surface area contributed by atoms with E-state index in [0.717, 1.165) is 0 Å². The molecule has 180 valence electrons. The van der Waals surface area contributed by atoms with Crippen molar-refractivity contribution < 1.29 is 0 Å². The van der Waals surface area contributed by atoms with Gasteiger partial charge < -0.3 is 0 Å². The van der Waals surface area contributed by atoms with Crippen molar-refractivity contribution >= 4 is 32.3 Å². The normalized spacial score (nSPS) is 11.4. The largest absolute Gasteiger partial charge is 0.0620 e. The highest BCUT2D eigenvalue weighted by Crippen LogP contribution is 2.45. The maximum atomic E-state index is 2.39. The zero-order chi connectivity index (χ0) is 25.6. The van der Waals surface area contributed by atoms with Crippen molar-refractivity contribution in [2.45, 2.75) is 13.8 Å². The summed E-state index contributed by atoms with van der Waals surface area (Å²) >= 11 is 0. The summed E-state index contributed by atoms with van der Waals surface area (Å²) in [4.78, 5) is 0. The Labute approximate surface area is 223 Å². The van der Waals surface area contributed by atoms with E-state index in [-0.39, 0.29) is 0 Å². The van der Waals surface area contributed by atoms with Crippen LogP contribution in [0, 0.1) is 13.8 Å². The molecule has 7 rings (SSSR count). The van der Waals surface area contributed by atoms with Crippen molar-refractivity contribution in [3.05, 3.63) is 145 Å². The van der Waals surface area contributed by atoms with Crippen LogP contribution in [0.2, 0.25) is 0 Å². The maximum Gasteiger partial charge on any atom is -0.00201 e. The number of hydrogen-bond donors (Lipinski definition) is 0. The third kappa shape index (κ3) is 3.53. The third-order valence-electron chi connectivity index (χ3n) is 7.95. The van der Waals surface area contributed by atoms with Gasteiger partial charge in [0.15, 0.2) is 0 Å². The van der Waals surface area contributed by atoms with Gasteiger partial charge in [0.05, 0.1) is 0 Å². The topological polar surface area (TPSA) is 0 Å². The minimum atomic E-state index is 1.26. The van der Waals surface area contributed by atoms with Gasteiger partial charge in [0.25, 0.3) is 0 Å². The van der Waals surface area contributed by atoms with Crippen LogP contribution in [0.5, 0.6) is 0 Å². The highest BCUT2D eigenvalue weighted by molar-refractivity contribution is 6.23. The second-order valence-electron chi connectivity index (χ2n) is 10.2. The van der Waals surface area contributed by atoms with Crippen molar-refractivity contribution in [1.29, 1.82) is 0 Å². The Bertz CT molecular complexity index is 1930. The van der Waals surface area contributed by atoms with Crippen LogP contribution >= 0.6 is 0 Å². The molecule has 0 saturated carbocycles. The first-order valence-corrected chi connectivity index (χ1v) is 13.3. The molecule has 0 fully saturated rings. The van der Waals surface area contributed by atoms with Gasteiger partial charge in [-0.1, -0.05) is 127 Å². The quantitative estimate of drug-likeness (QED) is 0.219. The standard InChI is InChI=1S/C38H28/c1-25-12-3-5-15-29(25)36-24-28(23-22-26(36)2)37-32-17-7-9-19-34(32)38(35-20-10-8-18-33(35)37)31-21-11-14-27-13-4-6-16-30(27)31/h3-24H,1-2H3. The molecule has 0 radical (unpaired) electrons. The van der Waals surface area contributed by atoms with E-state index in [4.69, 9.17) is 0 Å². The van der Waals surface area contributed by atoms with E-state index < -0.39 is 0 Å². The van der Waals surface area contributed by atoms with E-state index in [9.17, 15) is 0 Å². The van der Waals surface area contributed by atoms with Crippen molar-refractivity contribution in [1.82, 2.24) is 0 Å². The molecular weight excluding hydrogens is 456 g/mol. The zero-order valence-corrected chi connectivity index (χ0v) is 21.7. The number of rotatable bonds is 3. The number of hydrogen-bond acceptors (Lipinski definition) is 0. The summed E-state index contributed by atoms with van der Waals surface area (Å²) in [5.74, 6) is 0. The first kappa shape index (κ1) is 22.5. The predicted molar refractivity (Wildman–Crippen MR) is 165 cm³/mol. The van der Waals surface area contributed by atoms with Crippen LogP contribution in [0.25, 0.3) is 65.7 Å². The van der Waals surface area contributed by atoms with Gasteiger partial charge in [-0.15, -0.1) is 0 Å².